The topological polar surface area (TPSA) is 18.5 Å². The summed E-state index contributed by atoms with van der Waals surface area (Å²) in [4.78, 5) is 0. The molecule has 0 aromatic heterocycles. The Bertz CT molecular complexity index is 225. The SMILES string of the molecule is COCOc1cc[c]c(Br)c1. The molecule has 0 saturated carbocycles. The van der Waals surface area contributed by atoms with Gasteiger partial charge in [-0.1, -0.05) is 15.9 Å². The lowest BCUT2D eigenvalue weighted by Gasteiger charge is -2.03. The molecule has 0 aliphatic carbocycles. The summed E-state index contributed by atoms with van der Waals surface area (Å²) < 4.78 is 10.8. The van der Waals surface area contributed by atoms with E-state index in [1.807, 2.05) is 12.1 Å². The first kappa shape index (κ1) is 8.56. The zero-order chi connectivity index (χ0) is 8.10. The molecule has 1 radical (unpaired) electrons. The highest BCUT2D eigenvalue weighted by Crippen LogP contribution is 2.16. The second kappa shape index (κ2) is 4.36. The van der Waals surface area contributed by atoms with E-state index in [1.54, 1.807) is 13.2 Å². The van der Waals surface area contributed by atoms with Crippen LogP contribution in [0.2, 0.25) is 0 Å². The first-order chi connectivity index (χ1) is 5.33. The monoisotopic (exact) mass is 215 g/mol. The summed E-state index contributed by atoms with van der Waals surface area (Å²) in [5, 5.41) is 0. The van der Waals surface area contributed by atoms with E-state index in [9.17, 15) is 0 Å². The van der Waals surface area contributed by atoms with Gasteiger partial charge in [0.15, 0.2) is 6.79 Å². The lowest BCUT2D eigenvalue weighted by atomic mass is 10.3. The fourth-order valence-electron chi connectivity index (χ4n) is 0.635. The van der Waals surface area contributed by atoms with Crippen LogP contribution in [0.1, 0.15) is 0 Å². The second-order valence-corrected chi connectivity index (χ2v) is 2.78. The predicted molar refractivity (Wildman–Crippen MR) is 45.5 cm³/mol. The number of methoxy groups -OCH3 is 1. The summed E-state index contributed by atoms with van der Waals surface area (Å²) in [7, 11) is 1.59. The summed E-state index contributed by atoms with van der Waals surface area (Å²) in [6.07, 6.45) is 0. The Morgan fingerprint density at radius 1 is 1.64 bits per heavy atom. The normalized spacial score (nSPS) is 9.64. The fraction of sp³-hybridized carbons (Fsp3) is 0.250. The van der Waals surface area contributed by atoms with E-state index in [1.165, 1.54) is 0 Å². The van der Waals surface area contributed by atoms with E-state index in [0.29, 0.717) is 0 Å². The van der Waals surface area contributed by atoms with Crippen molar-refractivity contribution in [1.82, 2.24) is 0 Å². The van der Waals surface area contributed by atoms with Gasteiger partial charge in [0.25, 0.3) is 0 Å². The van der Waals surface area contributed by atoms with E-state index in [2.05, 4.69) is 22.0 Å². The summed E-state index contributed by atoms with van der Waals surface area (Å²) in [6, 6.07) is 8.39. The van der Waals surface area contributed by atoms with Crippen LogP contribution in [0, 0.1) is 6.07 Å². The van der Waals surface area contributed by atoms with Crippen molar-refractivity contribution in [1.29, 1.82) is 0 Å². The Balaban J connectivity index is 2.56. The van der Waals surface area contributed by atoms with Crippen LogP contribution in [0.25, 0.3) is 0 Å². The van der Waals surface area contributed by atoms with Crippen molar-refractivity contribution in [2.75, 3.05) is 13.9 Å². The first-order valence-electron chi connectivity index (χ1n) is 3.12. The molecule has 1 aromatic carbocycles. The minimum Gasteiger partial charge on any atom is -0.468 e. The van der Waals surface area contributed by atoms with E-state index < -0.39 is 0 Å². The third-order valence-corrected chi connectivity index (χ3v) is 1.54. The Kier molecular flexibility index (Phi) is 3.39. The summed E-state index contributed by atoms with van der Waals surface area (Å²) in [5.41, 5.74) is 0. The molecule has 2 nitrogen and oxygen atoms in total. The van der Waals surface area contributed by atoms with E-state index >= 15 is 0 Å². The molecule has 0 unspecified atom stereocenters. The molecule has 3 heteroatoms. The van der Waals surface area contributed by atoms with Gasteiger partial charge in [-0.15, -0.1) is 0 Å². The van der Waals surface area contributed by atoms with Gasteiger partial charge in [-0.2, -0.15) is 0 Å². The number of halogens is 1. The van der Waals surface area contributed by atoms with Crippen LogP contribution < -0.4 is 4.74 Å². The molecule has 0 fully saturated rings. The molecule has 0 saturated heterocycles. The second-order valence-electron chi connectivity index (χ2n) is 1.92. The zero-order valence-electron chi connectivity index (χ0n) is 6.13. The number of benzene rings is 1. The molecule has 0 aliphatic rings. The maximum Gasteiger partial charge on any atom is 0.188 e. The third-order valence-electron chi connectivity index (χ3n) is 1.08. The van der Waals surface area contributed by atoms with Crippen molar-refractivity contribution in [3.63, 3.8) is 0 Å². The Labute approximate surface area is 74.3 Å². The third kappa shape index (κ3) is 2.91. The molecule has 0 spiro atoms. The molecule has 59 valence electrons. The molecule has 11 heavy (non-hydrogen) atoms. The van der Waals surface area contributed by atoms with Crippen LogP contribution in [-0.2, 0) is 4.74 Å². The highest BCUT2D eigenvalue weighted by Gasteiger charge is 1.92. The van der Waals surface area contributed by atoms with Crippen LogP contribution in [0.5, 0.6) is 5.75 Å². The number of hydrogen-bond acceptors (Lipinski definition) is 2. The average Bonchev–Trinajstić information content (AvgIpc) is 2.01. The van der Waals surface area contributed by atoms with E-state index in [4.69, 9.17) is 9.47 Å². The highest BCUT2D eigenvalue weighted by atomic mass is 79.9. The lowest BCUT2D eigenvalue weighted by Crippen LogP contribution is -1.98. The summed E-state index contributed by atoms with van der Waals surface area (Å²) >= 11 is 3.28. The summed E-state index contributed by atoms with van der Waals surface area (Å²) in [6.45, 7) is 0.274. The van der Waals surface area contributed by atoms with E-state index in [-0.39, 0.29) is 6.79 Å². The summed E-state index contributed by atoms with van der Waals surface area (Å²) in [5.74, 6) is 0.775. The maximum atomic E-state index is 5.16. The Morgan fingerprint density at radius 2 is 2.45 bits per heavy atom. The van der Waals surface area contributed by atoms with Crippen LogP contribution in [0.4, 0.5) is 0 Å². The molecule has 0 atom stereocenters. The molecule has 0 aliphatic heterocycles. The van der Waals surface area contributed by atoms with Crippen molar-refractivity contribution in [3.05, 3.63) is 28.7 Å². The van der Waals surface area contributed by atoms with Gasteiger partial charge in [0, 0.05) is 11.6 Å². The molecular formula is C8H8BrO2. The van der Waals surface area contributed by atoms with Gasteiger partial charge in [0.1, 0.15) is 5.75 Å². The van der Waals surface area contributed by atoms with Crippen molar-refractivity contribution in [2.24, 2.45) is 0 Å². The number of rotatable bonds is 3. The van der Waals surface area contributed by atoms with Gasteiger partial charge in [-0.3, -0.25) is 0 Å². The van der Waals surface area contributed by atoms with Crippen molar-refractivity contribution in [2.45, 2.75) is 0 Å². The van der Waals surface area contributed by atoms with Gasteiger partial charge >= 0.3 is 0 Å². The predicted octanol–water partition coefficient (Wildman–Crippen LogP) is 2.23. The maximum absolute atomic E-state index is 5.16. The largest absolute Gasteiger partial charge is 0.468 e. The zero-order valence-corrected chi connectivity index (χ0v) is 7.72. The highest BCUT2D eigenvalue weighted by molar-refractivity contribution is 9.10. The minimum absolute atomic E-state index is 0.274. The molecule has 1 aromatic rings. The molecule has 0 heterocycles. The van der Waals surface area contributed by atoms with Gasteiger partial charge in [-0.05, 0) is 24.3 Å². The van der Waals surface area contributed by atoms with Gasteiger partial charge in [0.05, 0.1) is 0 Å². The van der Waals surface area contributed by atoms with Crippen molar-refractivity contribution in [3.8, 4) is 5.75 Å². The first-order valence-corrected chi connectivity index (χ1v) is 3.91. The van der Waals surface area contributed by atoms with Crippen molar-refractivity contribution >= 4 is 15.9 Å². The van der Waals surface area contributed by atoms with Crippen molar-refractivity contribution < 1.29 is 9.47 Å². The van der Waals surface area contributed by atoms with Crippen LogP contribution in [0.3, 0.4) is 0 Å². The van der Waals surface area contributed by atoms with E-state index in [0.717, 1.165) is 10.2 Å². The fourth-order valence-corrected chi connectivity index (χ4v) is 0.993. The molecule has 0 amide bonds. The number of ether oxygens (including phenoxy) is 2. The van der Waals surface area contributed by atoms with Crippen LogP contribution in [0.15, 0.2) is 22.7 Å². The molecule has 0 bridgehead atoms. The molecule has 1 rings (SSSR count). The average molecular weight is 216 g/mol. The van der Waals surface area contributed by atoms with Crippen LogP contribution in [-0.4, -0.2) is 13.9 Å². The molecular weight excluding hydrogens is 208 g/mol. The Hall–Kier alpha value is -0.540. The van der Waals surface area contributed by atoms with Crippen LogP contribution >= 0.6 is 15.9 Å². The lowest BCUT2D eigenvalue weighted by molar-refractivity contribution is 0.0511. The Morgan fingerprint density at radius 3 is 3.09 bits per heavy atom. The molecule has 0 N–H and O–H groups in total. The quantitative estimate of drug-likeness (QED) is 0.721. The van der Waals surface area contributed by atoms with Gasteiger partial charge in [-0.25, -0.2) is 0 Å². The number of hydrogen-bond donors (Lipinski definition) is 0. The van der Waals surface area contributed by atoms with Gasteiger partial charge in [0.2, 0.25) is 0 Å². The van der Waals surface area contributed by atoms with Gasteiger partial charge < -0.3 is 9.47 Å². The standard InChI is InChI=1S/C8H8BrO2/c1-10-6-11-8-4-2-3-7(9)5-8/h2,4-5H,6H2,1H3. The smallest absolute Gasteiger partial charge is 0.188 e. The minimum atomic E-state index is 0.274.